The van der Waals surface area contributed by atoms with Crippen LogP contribution in [0, 0.1) is 0 Å². The first-order valence-corrected chi connectivity index (χ1v) is 9.21. The van der Waals surface area contributed by atoms with Crippen LogP contribution in [0.15, 0.2) is 42.0 Å². The molecule has 0 saturated carbocycles. The lowest BCUT2D eigenvalue weighted by atomic mass is 10.1. The molecule has 2 aromatic carbocycles. The zero-order valence-corrected chi connectivity index (χ0v) is 16.7. The van der Waals surface area contributed by atoms with Crippen LogP contribution >= 0.6 is 23.8 Å². The molecule has 0 spiro atoms. The summed E-state index contributed by atoms with van der Waals surface area (Å²) in [6.07, 6.45) is 2.24. The van der Waals surface area contributed by atoms with Crippen LogP contribution in [0.2, 0.25) is 5.02 Å². The van der Waals surface area contributed by atoms with Gasteiger partial charge in [-0.15, -0.1) is 0 Å². The van der Waals surface area contributed by atoms with Crippen LogP contribution in [0.25, 0.3) is 6.08 Å². The lowest BCUT2D eigenvalue weighted by Gasteiger charge is -2.29. The molecule has 1 aliphatic rings. The van der Waals surface area contributed by atoms with Gasteiger partial charge in [0.2, 0.25) is 0 Å². The van der Waals surface area contributed by atoms with E-state index in [0.717, 1.165) is 12.0 Å². The third kappa shape index (κ3) is 3.72. The average Bonchev–Trinajstić information content (AvgIpc) is 2.68. The topological polar surface area (TPSA) is 78.9 Å². The Labute approximate surface area is 172 Å². The van der Waals surface area contributed by atoms with Crippen LogP contribution in [0.3, 0.4) is 0 Å². The van der Waals surface area contributed by atoms with E-state index in [1.165, 1.54) is 30.2 Å². The summed E-state index contributed by atoms with van der Waals surface area (Å²) in [6.45, 7) is 2.03. The standard InChI is InChI=1S/C20H17ClN2O4S/c1-3-11-4-6-13(7-5-11)23-19(26)14(18(25)22-20(23)28)8-12-9-15(21)17(24)16(10-12)27-2/h4-10,24H,3H2,1-2H3,(H,22,25,28). The Kier molecular flexibility index (Phi) is 5.67. The number of rotatable bonds is 4. The quantitative estimate of drug-likeness (QED) is 0.453. The second kappa shape index (κ2) is 8.00. The highest BCUT2D eigenvalue weighted by Crippen LogP contribution is 2.35. The number of halogens is 1. The number of thiocarbonyl (C=S) groups is 1. The van der Waals surface area contributed by atoms with E-state index in [-0.39, 0.29) is 27.2 Å². The molecule has 0 unspecified atom stereocenters. The summed E-state index contributed by atoms with van der Waals surface area (Å²) in [4.78, 5) is 26.6. The summed E-state index contributed by atoms with van der Waals surface area (Å²) < 4.78 is 5.06. The van der Waals surface area contributed by atoms with E-state index >= 15 is 0 Å². The highest BCUT2D eigenvalue weighted by atomic mass is 35.5. The highest BCUT2D eigenvalue weighted by molar-refractivity contribution is 7.80. The number of phenolic OH excluding ortho intramolecular Hbond substituents is 1. The summed E-state index contributed by atoms with van der Waals surface area (Å²) >= 11 is 11.2. The van der Waals surface area contributed by atoms with Crippen LogP contribution < -0.4 is 15.0 Å². The van der Waals surface area contributed by atoms with Crippen molar-refractivity contribution in [3.63, 3.8) is 0 Å². The molecule has 1 heterocycles. The van der Waals surface area contributed by atoms with Gasteiger partial charge in [-0.3, -0.25) is 19.8 Å². The van der Waals surface area contributed by atoms with E-state index in [1.807, 2.05) is 19.1 Å². The molecule has 0 radical (unpaired) electrons. The Balaban J connectivity index is 2.02. The molecule has 2 aromatic rings. The molecule has 1 aliphatic heterocycles. The molecule has 0 bridgehead atoms. The first kappa shape index (κ1) is 19.9. The van der Waals surface area contributed by atoms with E-state index in [2.05, 4.69) is 5.32 Å². The van der Waals surface area contributed by atoms with Crippen molar-refractivity contribution in [3.8, 4) is 11.5 Å². The van der Waals surface area contributed by atoms with Gasteiger partial charge in [0.1, 0.15) is 5.57 Å². The SMILES string of the molecule is CCc1ccc(N2C(=O)C(=Cc3cc(Cl)c(O)c(OC)c3)C(=O)NC2=S)cc1. The summed E-state index contributed by atoms with van der Waals surface area (Å²) in [6, 6.07) is 10.3. The van der Waals surface area contributed by atoms with Crippen molar-refractivity contribution >= 4 is 52.5 Å². The normalized spacial score (nSPS) is 15.8. The van der Waals surface area contributed by atoms with Gasteiger partial charge in [0.05, 0.1) is 17.8 Å². The van der Waals surface area contributed by atoms with Crippen molar-refractivity contribution in [1.29, 1.82) is 0 Å². The second-order valence-corrected chi connectivity index (χ2v) is 6.83. The third-order valence-electron chi connectivity index (χ3n) is 4.29. The number of hydrogen-bond acceptors (Lipinski definition) is 5. The number of benzene rings is 2. The number of aromatic hydroxyl groups is 1. The fourth-order valence-electron chi connectivity index (χ4n) is 2.77. The summed E-state index contributed by atoms with van der Waals surface area (Å²) in [7, 11) is 1.38. The number of anilines is 1. The van der Waals surface area contributed by atoms with E-state index in [4.69, 9.17) is 28.6 Å². The molecule has 0 aromatic heterocycles. The molecular formula is C20H17ClN2O4S. The lowest BCUT2D eigenvalue weighted by Crippen LogP contribution is -2.54. The van der Waals surface area contributed by atoms with Crippen molar-refractivity contribution in [2.45, 2.75) is 13.3 Å². The van der Waals surface area contributed by atoms with Crippen LogP contribution in [0.4, 0.5) is 5.69 Å². The van der Waals surface area contributed by atoms with Gasteiger partial charge in [-0.2, -0.15) is 0 Å². The Hall–Kier alpha value is -2.90. The lowest BCUT2D eigenvalue weighted by molar-refractivity contribution is -0.122. The zero-order chi connectivity index (χ0) is 20.4. The maximum absolute atomic E-state index is 13.0. The fourth-order valence-corrected chi connectivity index (χ4v) is 3.27. The number of nitrogens with zero attached hydrogens (tertiary/aromatic N) is 1. The molecule has 2 N–H and O–H groups in total. The molecule has 2 amide bonds. The number of nitrogens with one attached hydrogen (secondary N) is 1. The van der Waals surface area contributed by atoms with Gasteiger partial charge >= 0.3 is 0 Å². The van der Waals surface area contributed by atoms with Gasteiger partial charge in [0.25, 0.3) is 11.8 Å². The number of carbonyl (C=O) groups excluding carboxylic acids is 2. The van der Waals surface area contributed by atoms with E-state index < -0.39 is 11.8 Å². The molecule has 6 nitrogen and oxygen atoms in total. The maximum atomic E-state index is 13.0. The summed E-state index contributed by atoms with van der Waals surface area (Å²) in [5.74, 6) is -1.25. The summed E-state index contributed by atoms with van der Waals surface area (Å²) in [5.41, 5.74) is 1.98. The van der Waals surface area contributed by atoms with Crippen molar-refractivity contribution < 1.29 is 19.4 Å². The monoisotopic (exact) mass is 416 g/mol. The number of ether oxygens (including phenoxy) is 1. The number of aryl methyl sites for hydroxylation is 1. The molecule has 28 heavy (non-hydrogen) atoms. The minimum Gasteiger partial charge on any atom is -0.503 e. The van der Waals surface area contributed by atoms with E-state index in [0.29, 0.717) is 11.3 Å². The largest absolute Gasteiger partial charge is 0.503 e. The minimum atomic E-state index is -0.611. The van der Waals surface area contributed by atoms with E-state index in [1.54, 1.807) is 12.1 Å². The Morgan fingerprint density at radius 1 is 1.25 bits per heavy atom. The number of carbonyl (C=O) groups is 2. The van der Waals surface area contributed by atoms with Crippen molar-refractivity contribution in [1.82, 2.24) is 5.32 Å². The average molecular weight is 417 g/mol. The van der Waals surface area contributed by atoms with Gasteiger partial charge < -0.3 is 9.84 Å². The predicted octanol–water partition coefficient (Wildman–Crippen LogP) is 3.45. The number of methoxy groups -OCH3 is 1. The third-order valence-corrected chi connectivity index (χ3v) is 4.86. The molecule has 144 valence electrons. The van der Waals surface area contributed by atoms with Crippen molar-refractivity contribution in [2.75, 3.05) is 12.0 Å². The first-order chi connectivity index (χ1) is 13.3. The van der Waals surface area contributed by atoms with Crippen LogP contribution in [-0.4, -0.2) is 29.1 Å². The summed E-state index contributed by atoms with van der Waals surface area (Å²) in [5, 5.41) is 12.4. The second-order valence-electron chi connectivity index (χ2n) is 6.03. The van der Waals surface area contributed by atoms with Gasteiger partial charge in [-0.1, -0.05) is 30.7 Å². The Morgan fingerprint density at radius 3 is 2.54 bits per heavy atom. The highest BCUT2D eigenvalue weighted by Gasteiger charge is 2.34. The molecule has 0 atom stereocenters. The maximum Gasteiger partial charge on any atom is 0.270 e. The minimum absolute atomic E-state index is 0.0118. The van der Waals surface area contributed by atoms with Crippen LogP contribution in [0.5, 0.6) is 11.5 Å². The smallest absolute Gasteiger partial charge is 0.270 e. The number of amides is 2. The van der Waals surface area contributed by atoms with Crippen molar-refractivity contribution in [2.24, 2.45) is 0 Å². The number of phenols is 1. The molecule has 3 rings (SSSR count). The number of hydrogen-bond donors (Lipinski definition) is 2. The molecule has 1 fully saturated rings. The van der Waals surface area contributed by atoms with Crippen molar-refractivity contribution in [3.05, 3.63) is 58.1 Å². The molecule has 1 saturated heterocycles. The Bertz CT molecular complexity index is 1000. The van der Waals surface area contributed by atoms with E-state index in [9.17, 15) is 14.7 Å². The van der Waals surface area contributed by atoms with Crippen LogP contribution in [-0.2, 0) is 16.0 Å². The Morgan fingerprint density at radius 2 is 1.93 bits per heavy atom. The van der Waals surface area contributed by atoms with Crippen LogP contribution in [0.1, 0.15) is 18.1 Å². The first-order valence-electron chi connectivity index (χ1n) is 8.42. The van der Waals surface area contributed by atoms with Gasteiger partial charge in [-0.05, 0) is 60.1 Å². The van der Waals surface area contributed by atoms with Gasteiger partial charge in [0.15, 0.2) is 16.6 Å². The fraction of sp³-hybridized carbons (Fsp3) is 0.150. The van der Waals surface area contributed by atoms with Gasteiger partial charge in [0, 0.05) is 0 Å². The molecular weight excluding hydrogens is 400 g/mol. The molecule has 8 heteroatoms. The predicted molar refractivity (Wildman–Crippen MR) is 112 cm³/mol. The zero-order valence-electron chi connectivity index (χ0n) is 15.2. The molecule has 0 aliphatic carbocycles. The van der Waals surface area contributed by atoms with Gasteiger partial charge in [-0.25, -0.2) is 0 Å².